The van der Waals surface area contributed by atoms with Crippen LogP contribution in [0.4, 0.5) is 18.9 Å². The van der Waals surface area contributed by atoms with Gasteiger partial charge in [-0.1, -0.05) is 5.16 Å². The van der Waals surface area contributed by atoms with Crippen LogP contribution in [0.1, 0.15) is 32.2 Å². The SMILES string of the molecule is CN(C)/C=C/C(=O)c1cc(C=O)no1.CNc1cnn(Cc2cnccc2C(F)(F)F)c1. The molecule has 0 aliphatic heterocycles. The van der Waals surface area contributed by atoms with Gasteiger partial charge in [0.05, 0.1) is 24.0 Å². The van der Waals surface area contributed by atoms with E-state index >= 15 is 0 Å². The molecule has 3 heterocycles. The van der Waals surface area contributed by atoms with Gasteiger partial charge < -0.3 is 14.7 Å². The van der Waals surface area contributed by atoms with Crippen LogP contribution in [-0.4, -0.2) is 58.0 Å². The summed E-state index contributed by atoms with van der Waals surface area (Å²) < 4.78 is 44.3. The molecule has 0 bridgehead atoms. The predicted molar refractivity (Wildman–Crippen MR) is 109 cm³/mol. The molecule has 0 aromatic carbocycles. The molecule has 3 aromatic rings. The summed E-state index contributed by atoms with van der Waals surface area (Å²) >= 11 is 0. The van der Waals surface area contributed by atoms with Gasteiger partial charge in [-0.15, -0.1) is 0 Å². The van der Waals surface area contributed by atoms with Crippen molar-refractivity contribution in [3.63, 3.8) is 0 Å². The fraction of sp³-hybridized carbons (Fsp3) is 0.250. The van der Waals surface area contributed by atoms with Gasteiger partial charge in [0.2, 0.25) is 11.5 Å². The summed E-state index contributed by atoms with van der Waals surface area (Å²) in [7, 11) is 5.30. The molecular weight excluding hydrogens is 429 g/mol. The van der Waals surface area contributed by atoms with Gasteiger partial charge in [0.15, 0.2) is 6.29 Å². The first-order valence-electron chi connectivity index (χ1n) is 9.15. The number of carbonyl (C=O) groups is 2. The fourth-order valence-corrected chi connectivity index (χ4v) is 2.34. The first-order chi connectivity index (χ1) is 15.1. The Hall–Kier alpha value is -3.96. The molecule has 0 amide bonds. The van der Waals surface area contributed by atoms with Crippen molar-refractivity contribution in [3.8, 4) is 0 Å². The maximum Gasteiger partial charge on any atom is 0.416 e. The lowest BCUT2D eigenvalue weighted by molar-refractivity contribution is -0.138. The molecule has 9 nitrogen and oxygen atoms in total. The number of hydrogen-bond acceptors (Lipinski definition) is 8. The van der Waals surface area contributed by atoms with Crippen LogP contribution in [0.25, 0.3) is 0 Å². The summed E-state index contributed by atoms with van der Waals surface area (Å²) in [5.74, 6) is -0.260. The first-order valence-corrected chi connectivity index (χ1v) is 9.15. The number of anilines is 1. The van der Waals surface area contributed by atoms with E-state index in [1.165, 1.54) is 23.0 Å². The van der Waals surface area contributed by atoms with E-state index in [0.717, 1.165) is 18.0 Å². The van der Waals surface area contributed by atoms with E-state index in [1.54, 1.807) is 44.6 Å². The van der Waals surface area contributed by atoms with E-state index < -0.39 is 11.7 Å². The van der Waals surface area contributed by atoms with Crippen molar-refractivity contribution in [2.75, 3.05) is 26.5 Å². The minimum Gasteiger partial charge on any atom is -0.386 e. The van der Waals surface area contributed by atoms with E-state index in [1.807, 2.05) is 0 Å². The highest BCUT2D eigenvalue weighted by molar-refractivity contribution is 6.02. The minimum absolute atomic E-state index is 0.0321. The number of hydrogen-bond donors (Lipinski definition) is 1. The fourth-order valence-electron chi connectivity index (χ4n) is 2.34. The topological polar surface area (TPSA) is 106 Å². The Balaban J connectivity index is 0.000000235. The third-order valence-electron chi connectivity index (χ3n) is 3.88. The molecule has 170 valence electrons. The highest BCUT2D eigenvalue weighted by Gasteiger charge is 2.33. The summed E-state index contributed by atoms with van der Waals surface area (Å²) in [5, 5.41) is 10.2. The molecule has 12 heteroatoms. The van der Waals surface area contributed by atoms with Gasteiger partial charge in [-0.05, 0) is 6.07 Å². The molecule has 0 aliphatic rings. The standard InChI is InChI=1S/C11H11F3N4.C9H10N2O3/c1-15-9-5-17-18(7-9)6-8-4-16-3-2-10(8)11(12,13)14;1-11(2)4-3-8(13)9-5-7(6-12)10-14-9/h2-5,7,15H,6H2,1H3;3-6H,1-2H3/b;4-3+. The number of alkyl halides is 3. The molecule has 0 unspecified atom stereocenters. The lowest BCUT2D eigenvalue weighted by atomic mass is 10.1. The highest BCUT2D eigenvalue weighted by atomic mass is 19.4. The van der Waals surface area contributed by atoms with E-state index in [4.69, 9.17) is 0 Å². The van der Waals surface area contributed by atoms with Crippen LogP contribution in [0.2, 0.25) is 0 Å². The summed E-state index contributed by atoms with van der Waals surface area (Å²) in [6.07, 6.45) is 4.60. The van der Waals surface area contributed by atoms with Crippen molar-refractivity contribution in [2.24, 2.45) is 0 Å². The molecule has 0 atom stereocenters. The summed E-state index contributed by atoms with van der Waals surface area (Å²) in [4.78, 5) is 27.0. The normalized spacial score (nSPS) is 11.1. The van der Waals surface area contributed by atoms with E-state index in [0.29, 0.717) is 6.29 Å². The number of pyridine rings is 1. The molecule has 0 saturated carbocycles. The highest BCUT2D eigenvalue weighted by Crippen LogP contribution is 2.31. The van der Waals surface area contributed by atoms with Crippen LogP contribution in [0, 0.1) is 0 Å². The summed E-state index contributed by atoms with van der Waals surface area (Å²) in [6, 6.07) is 2.27. The van der Waals surface area contributed by atoms with Gasteiger partial charge in [-0.3, -0.25) is 19.3 Å². The van der Waals surface area contributed by atoms with Crippen LogP contribution in [0.5, 0.6) is 0 Å². The van der Waals surface area contributed by atoms with E-state index in [9.17, 15) is 22.8 Å². The second kappa shape index (κ2) is 10.9. The number of rotatable bonds is 7. The zero-order valence-electron chi connectivity index (χ0n) is 17.5. The number of nitrogens with zero attached hydrogens (tertiary/aromatic N) is 5. The van der Waals surface area contributed by atoms with Crippen LogP contribution < -0.4 is 5.32 Å². The van der Waals surface area contributed by atoms with Crippen molar-refractivity contribution in [3.05, 3.63) is 71.8 Å². The average molecular weight is 450 g/mol. The van der Waals surface area contributed by atoms with Crippen LogP contribution in [-0.2, 0) is 12.7 Å². The molecular formula is C20H21F3N6O3. The largest absolute Gasteiger partial charge is 0.416 e. The number of nitrogens with one attached hydrogen (secondary N) is 1. The zero-order chi connectivity index (χ0) is 23.7. The molecule has 0 radical (unpaired) electrons. The van der Waals surface area contributed by atoms with Gasteiger partial charge in [0.1, 0.15) is 5.69 Å². The maximum atomic E-state index is 12.8. The quantitative estimate of drug-likeness (QED) is 0.333. The number of allylic oxidation sites excluding steroid dienone is 1. The van der Waals surface area contributed by atoms with Crippen molar-refractivity contribution < 1.29 is 27.3 Å². The number of halogens is 3. The van der Waals surface area contributed by atoms with Crippen LogP contribution in [0.3, 0.4) is 0 Å². The lowest BCUT2D eigenvalue weighted by Crippen LogP contribution is -2.12. The Morgan fingerprint density at radius 3 is 2.62 bits per heavy atom. The molecule has 1 N–H and O–H groups in total. The second-order valence-electron chi connectivity index (χ2n) is 6.58. The van der Waals surface area contributed by atoms with Crippen molar-refractivity contribution >= 4 is 17.8 Å². The first kappa shape index (κ1) is 24.3. The summed E-state index contributed by atoms with van der Waals surface area (Å²) in [6.45, 7) is 0.0321. The van der Waals surface area contributed by atoms with E-state index in [-0.39, 0.29) is 29.3 Å². The number of aromatic nitrogens is 4. The number of aldehydes is 1. The molecule has 0 aliphatic carbocycles. The Labute approximate surface area is 181 Å². The van der Waals surface area contributed by atoms with Crippen LogP contribution in [0.15, 0.2) is 53.7 Å². The third kappa shape index (κ3) is 7.07. The van der Waals surface area contributed by atoms with Crippen LogP contribution >= 0.6 is 0 Å². The van der Waals surface area contributed by atoms with Gasteiger partial charge in [0.25, 0.3) is 0 Å². The average Bonchev–Trinajstić information content (AvgIpc) is 3.41. The predicted octanol–water partition coefficient (Wildman–Crippen LogP) is 3.13. The second-order valence-corrected chi connectivity index (χ2v) is 6.58. The minimum atomic E-state index is -4.38. The van der Waals surface area contributed by atoms with Crippen molar-refractivity contribution in [2.45, 2.75) is 12.7 Å². The Kier molecular flexibility index (Phi) is 8.27. The molecule has 0 fully saturated rings. The smallest absolute Gasteiger partial charge is 0.386 e. The van der Waals surface area contributed by atoms with Gasteiger partial charge in [-0.25, -0.2) is 0 Å². The molecule has 32 heavy (non-hydrogen) atoms. The van der Waals surface area contributed by atoms with Crippen molar-refractivity contribution in [1.82, 2.24) is 24.8 Å². The van der Waals surface area contributed by atoms with E-state index in [2.05, 4.69) is 25.1 Å². The van der Waals surface area contributed by atoms with Gasteiger partial charge in [-0.2, -0.15) is 18.3 Å². The molecule has 0 spiro atoms. The van der Waals surface area contributed by atoms with Gasteiger partial charge in [0, 0.05) is 63.6 Å². The zero-order valence-corrected chi connectivity index (χ0v) is 17.5. The van der Waals surface area contributed by atoms with Crippen molar-refractivity contribution in [1.29, 1.82) is 0 Å². The maximum absolute atomic E-state index is 12.8. The Bertz CT molecular complexity index is 1070. The molecule has 3 rings (SSSR count). The third-order valence-corrected chi connectivity index (χ3v) is 3.88. The number of carbonyl (C=O) groups excluding carboxylic acids is 2. The Morgan fingerprint density at radius 1 is 1.31 bits per heavy atom. The molecule has 0 saturated heterocycles. The molecule has 3 aromatic heterocycles. The van der Waals surface area contributed by atoms with Gasteiger partial charge >= 0.3 is 6.18 Å². The monoisotopic (exact) mass is 450 g/mol. The Morgan fingerprint density at radius 2 is 2.06 bits per heavy atom. The lowest BCUT2D eigenvalue weighted by Gasteiger charge is -2.11. The number of ketones is 1. The summed E-state index contributed by atoms with van der Waals surface area (Å²) in [5.41, 5.74) is 0.272.